The molecule has 1 N–H and O–H groups in total. The fourth-order valence-corrected chi connectivity index (χ4v) is 4.98. The largest absolute Gasteiger partial charge is 0.346 e. The average molecular weight is 490 g/mol. The maximum atomic E-state index is 13.7. The van der Waals surface area contributed by atoms with Crippen molar-refractivity contribution in [3.8, 4) is 0 Å². The van der Waals surface area contributed by atoms with Gasteiger partial charge in [0.05, 0.1) is 11.4 Å². The lowest BCUT2D eigenvalue weighted by Gasteiger charge is -2.31. The zero-order chi connectivity index (χ0) is 23.4. The highest BCUT2D eigenvalue weighted by Crippen LogP contribution is 2.31. The molecule has 1 aliphatic heterocycles. The zero-order valence-corrected chi connectivity index (χ0v) is 19.3. The molecule has 0 radical (unpaired) electrons. The van der Waals surface area contributed by atoms with Gasteiger partial charge in [-0.3, -0.25) is 9.59 Å². The number of halogens is 3. The van der Waals surface area contributed by atoms with E-state index in [2.05, 4.69) is 10.3 Å². The number of hydrogen-bond donors (Lipinski definition) is 1. The Bertz CT molecular complexity index is 1160. The van der Waals surface area contributed by atoms with E-state index in [1.807, 2.05) is 23.1 Å². The van der Waals surface area contributed by atoms with Gasteiger partial charge >= 0.3 is 0 Å². The van der Waals surface area contributed by atoms with Crippen LogP contribution >= 0.6 is 22.9 Å². The van der Waals surface area contributed by atoms with E-state index in [1.54, 1.807) is 11.4 Å². The first-order chi connectivity index (χ1) is 15.9. The molecular weight excluding hydrogens is 468 g/mol. The normalized spacial score (nSPS) is 14.3. The molecule has 3 aromatic rings. The van der Waals surface area contributed by atoms with Crippen molar-refractivity contribution in [2.24, 2.45) is 0 Å². The van der Waals surface area contributed by atoms with Crippen molar-refractivity contribution >= 4 is 34.8 Å². The third-order valence-electron chi connectivity index (χ3n) is 5.71. The van der Waals surface area contributed by atoms with Crippen LogP contribution in [-0.2, 0) is 17.8 Å². The number of benzene rings is 2. The minimum absolute atomic E-state index is 0.0498. The molecule has 0 bridgehead atoms. The molecule has 0 aliphatic carbocycles. The topological polar surface area (TPSA) is 62.3 Å². The summed E-state index contributed by atoms with van der Waals surface area (Å²) in [5.41, 5.74) is 1.30. The van der Waals surface area contributed by atoms with E-state index < -0.39 is 17.5 Å². The highest BCUT2D eigenvalue weighted by atomic mass is 35.5. The van der Waals surface area contributed by atoms with Crippen LogP contribution in [0.1, 0.15) is 45.4 Å². The molecule has 5 nitrogen and oxygen atoms in total. The SMILES string of the molecule is O=C(NCc1ccc(F)cc1F)c1csc(C2CCN(C(=O)Cc3ccccc3Cl)CC2)n1. The quantitative estimate of drug-likeness (QED) is 0.532. The van der Waals surface area contributed by atoms with Gasteiger partial charge in [0.2, 0.25) is 5.91 Å². The summed E-state index contributed by atoms with van der Waals surface area (Å²) >= 11 is 7.57. The van der Waals surface area contributed by atoms with E-state index in [4.69, 9.17) is 11.6 Å². The predicted molar refractivity (Wildman–Crippen MR) is 123 cm³/mol. The van der Waals surface area contributed by atoms with Crippen LogP contribution in [-0.4, -0.2) is 34.8 Å². The van der Waals surface area contributed by atoms with Gasteiger partial charge in [-0.1, -0.05) is 35.9 Å². The van der Waals surface area contributed by atoms with E-state index in [0.29, 0.717) is 18.1 Å². The van der Waals surface area contributed by atoms with Crippen molar-refractivity contribution in [3.63, 3.8) is 0 Å². The van der Waals surface area contributed by atoms with Crippen LogP contribution in [0.3, 0.4) is 0 Å². The average Bonchev–Trinajstić information content (AvgIpc) is 3.30. The molecule has 1 saturated heterocycles. The molecule has 0 unspecified atom stereocenters. The van der Waals surface area contributed by atoms with E-state index in [1.165, 1.54) is 17.4 Å². The number of carbonyl (C=O) groups excluding carboxylic acids is 2. The van der Waals surface area contributed by atoms with Crippen molar-refractivity contribution in [1.29, 1.82) is 0 Å². The smallest absolute Gasteiger partial charge is 0.271 e. The Morgan fingerprint density at radius 2 is 1.88 bits per heavy atom. The van der Waals surface area contributed by atoms with Crippen LogP contribution in [0.15, 0.2) is 47.8 Å². The summed E-state index contributed by atoms with van der Waals surface area (Å²) < 4.78 is 26.8. The van der Waals surface area contributed by atoms with Crippen LogP contribution in [0, 0.1) is 11.6 Å². The van der Waals surface area contributed by atoms with Gasteiger partial charge < -0.3 is 10.2 Å². The second-order valence-corrected chi connectivity index (χ2v) is 9.21. The molecule has 33 heavy (non-hydrogen) atoms. The molecule has 2 aromatic carbocycles. The molecule has 172 valence electrons. The standard InChI is InChI=1S/C24H22ClF2N3O2S/c25-19-4-2-1-3-16(19)11-22(31)30-9-7-15(8-10-30)24-29-21(14-33-24)23(32)28-13-17-5-6-18(26)12-20(17)27/h1-6,12,14-15H,7-11,13H2,(H,28,32). The van der Waals surface area contributed by atoms with E-state index in [0.717, 1.165) is 35.5 Å². The first-order valence-corrected chi connectivity index (χ1v) is 11.8. The van der Waals surface area contributed by atoms with Gasteiger partial charge in [-0.2, -0.15) is 0 Å². The minimum Gasteiger partial charge on any atom is -0.346 e. The van der Waals surface area contributed by atoms with Gasteiger partial charge in [-0.25, -0.2) is 13.8 Å². The number of aromatic nitrogens is 1. The second kappa shape index (κ2) is 10.4. The number of likely N-dealkylation sites (tertiary alicyclic amines) is 1. The summed E-state index contributed by atoms with van der Waals surface area (Å²) in [5, 5.41) is 5.75. The van der Waals surface area contributed by atoms with Gasteiger partial charge in [0.15, 0.2) is 0 Å². The molecule has 1 fully saturated rings. The Morgan fingerprint density at radius 3 is 2.61 bits per heavy atom. The number of nitrogens with zero attached hydrogens (tertiary/aromatic N) is 2. The number of piperidine rings is 1. The molecule has 0 saturated carbocycles. The Hall–Kier alpha value is -2.84. The number of amides is 2. The summed E-state index contributed by atoms with van der Waals surface area (Å²) in [6, 6.07) is 10.6. The highest BCUT2D eigenvalue weighted by Gasteiger charge is 2.26. The Kier molecular flexibility index (Phi) is 7.35. The lowest BCUT2D eigenvalue weighted by molar-refractivity contribution is -0.131. The van der Waals surface area contributed by atoms with Crippen LogP contribution in [0.4, 0.5) is 8.78 Å². The van der Waals surface area contributed by atoms with E-state index in [-0.39, 0.29) is 36.0 Å². The molecule has 0 atom stereocenters. The fourth-order valence-electron chi connectivity index (χ4n) is 3.80. The van der Waals surface area contributed by atoms with Crippen molar-refractivity contribution < 1.29 is 18.4 Å². The molecule has 2 heterocycles. The van der Waals surface area contributed by atoms with Crippen molar-refractivity contribution in [1.82, 2.24) is 15.2 Å². The maximum absolute atomic E-state index is 13.7. The monoisotopic (exact) mass is 489 g/mol. The first-order valence-electron chi connectivity index (χ1n) is 10.6. The second-order valence-electron chi connectivity index (χ2n) is 7.91. The number of thiazole rings is 1. The van der Waals surface area contributed by atoms with Gasteiger partial charge in [0.1, 0.15) is 17.3 Å². The lowest BCUT2D eigenvalue weighted by atomic mass is 9.97. The molecule has 1 aromatic heterocycles. The zero-order valence-electron chi connectivity index (χ0n) is 17.7. The number of hydrogen-bond acceptors (Lipinski definition) is 4. The highest BCUT2D eigenvalue weighted by molar-refractivity contribution is 7.09. The molecule has 4 rings (SSSR count). The molecule has 1 aliphatic rings. The number of nitrogens with one attached hydrogen (secondary N) is 1. The van der Waals surface area contributed by atoms with Gasteiger partial charge in [-0.15, -0.1) is 11.3 Å². The summed E-state index contributed by atoms with van der Waals surface area (Å²) in [6.45, 7) is 1.20. The summed E-state index contributed by atoms with van der Waals surface area (Å²) in [5.74, 6) is -1.55. The third kappa shape index (κ3) is 5.75. The summed E-state index contributed by atoms with van der Waals surface area (Å²) in [4.78, 5) is 31.4. The van der Waals surface area contributed by atoms with Gasteiger partial charge in [-0.05, 0) is 30.5 Å². The van der Waals surface area contributed by atoms with Crippen LogP contribution in [0.5, 0.6) is 0 Å². The minimum atomic E-state index is -0.704. The summed E-state index contributed by atoms with van der Waals surface area (Å²) in [7, 11) is 0. The van der Waals surface area contributed by atoms with Crippen LogP contribution < -0.4 is 5.32 Å². The van der Waals surface area contributed by atoms with Crippen LogP contribution in [0.25, 0.3) is 0 Å². The van der Waals surface area contributed by atoms with Crippen molar-refractivity contribution in [2.75, 3.05) is 13.1 Å². The van der Waals surface area contributed by atoms with Crippen molar-refractivity contribution in [2.45, 2.75) is 31.7 Å². The Balaban J connectivity index is 1.29. The third-order valence-corrected chi connectivity index (χ3v) is 7.08. The predicted octanol–water partition coefficient (Wildman–Crippen LogP) is 4.95. The first kappa shape index (κ1) is 23.3. The molecule has 9 heteroatoms. The van der Waals surface area contributed by atoms with E-state index >= 15 is 0 Å². The summed E-state index contributed by atoms with van der Waals surface area (Å²) in [6.07, 6.45) is 1.81. The molecule has 2 amide bonds. The number of carbonyl (C=O) groups is 2. The Morgan fingerprint density at radius 1 is 1.12 bits per heavy atom. The molecular formula is C24H22ClF2N3O2S. The fraction of sp³-hybridized carbons (Fsp3) is 0.292. The van der Waals surface area contributed by atoms with Gasteiger partial charge in [0, 0.05) is 47.6 Å². The van der Waals surface area contributed by atoms with Crippen molar-refractivity contribution in [3.05, 3.63) is 86.3 Å². The van der Waals surface area contributed by atoms with Gasteiger partial charge in [0.25, 0.3) is 5.91 Å². The lowest BCUT2D eigenvalue weighted by Crippen LogP contribution is -2.38. The Labute approximate surface area is 199 Å². The van der Waals surface area contributed by atoms with Crippen LogP contribution in [0.2, 0.25) is 5.02 Å². The number of rotatable bonds is 6. The molecule has 0 spiro atoms. The maximum Gasteiger partial charge on any atom is 0.271 e. The van der Waals surface area contributed by atoms with E-state index in [9.17, 15) is 18.4 Å².